The lowest BCUT2D eigenvalue weighted by molar-refractivity contribution is -0.130. The summed E-state index contributed by atoms with van der Waals surface area (Å²) in [7, 11) is 1.62. The quantitative estimate of drug-likeness (QED) is 0.580. The third kappa shape index (κ3) is 4.66. The summed E-state index contributed by atoms with van der Waals surface area (Å²) in [5.74, 6) is 1.22. The lowest BCUT2D eigenvalue weighted by atomic mass is 9.94. The van der Waals surface area contributed by atoms with Crippen molar-refractivity contribution in [2.75, 3.05) is 19.0 Å². The van der Waals surface area contributed by atoms with E-state index in [2.05, 4.69) is 15.5 Å². The second-order valence-electron chi connectivity index (χ2n) is 8.96. The van der Waals surface area contributed by atoms with Crippen LogP contribution in [0.2, 0.25) is 0 Å². The molecule has 0 spiro atoms. The van der Waals surface area contributed by atoms with E-state index < -0.39 is 0 Å². The number of hydrogen-bond acceptors (Lipinski definition) is 6. The maximum Gasteiger partial charge on any atom is 0.258 e. The molecule has 8 nitrogen and oxygen atoms in total. The molecule has 1 aliphatic carbocycles. The van der Waals surface area contributed by atoms with E-state index in [1.165, 1.54) is 6.42 Å². The van der Waals surface area contributed by atoms with Crippen molar-refractivity contribution in [2.24, 2.45) is 5.92 Å². The Hall–Kier alpha value is -3.68. The number of hydrogen-bond donors (Lipinski definition) is 1. The summed E-state index contributed by atoms with van der Waals surface area (Å²) in [5, 5.41) is 7.04. The minimum atomic E-state index is -0.330. The minimum absolute atomic E-state index is 0.0951. The van der Waals surface area contributed by atoms with Crippen molar-refractivity contribution in [3.05, 3.63) is 48.5 Å². The number of likely N-dealkylation sites (tertiary alicyclic amines) is 1. The van der Waals surface area contributed by atoms with Gasteiger partial charge in [-0.1, -0.05) is 30.5 Å². The molecule has 3 aromatic rings. The maximum absolute atomic E-state index is 12.9. The van der Waals surface area contributed by atoms with E-state index >= 15 is 0 Å². The zero-order valence-corrected chi connectivity index (χ0v) is 19.2. The predicted octanol–water partition coefficient (Wildman–Crippen LogP) is 4.53. The highest BCUT2D eigenvalue weighted by Gasteiger charge is 2.38. The average Bonchev–Trinajstić information content (AvgIpc) is 3.52. The van der Waals surface area contributed by atoms with Gasteiger partial charge < -0.3 is 19.5 Å². The first-order chi connectivity index (χ1) is 16.6. The van der Waals surface area contributed by atoms with Gasteiger partial charge in [0.2, 0.25) is 17.6 Å². The molecule has 1 aliphatic heterocycles. The summed E-state index contributed by atoms with van der Waals surface area (Å²) in [4.78, 5) is 31.9. The number of carbonyl (C=O) groups is 2. The highest BCUT2D eigenvalue weighted by Crippen LogP contribution is 2.30. The van der Waals surface area contributed by atoms with E-state index in [0.29, 0.717) is 35.6 Å². The van der Waals surface area contributed by atoms with Gasteiger partial charge in [0, 0.05) is 35.8 Å². The van der Waals surface area contributed by atoms with Gasteiger partial charge in [-0.05, 0) is 55.3 Å². The van der Waals surface area contributed by atoms with E-state index in [-0.39, 0.29) is 24.2 Å². The molecule has 34 heavy (non-hydrogen) atoms. The Morgan fingerprint density at radius 1 is 1.09 bits per heavy atom. The number of nitrogens with one attached hydrogen (secondary N) is 1. The van der Waals surface area contributed by atoms with Gasteiger partial charge in [-0.3, -0.25) is 9.59 Å². The summed E-state index contributed by atoms with van der Waals surface area (Å²) < 4.78 is 10.6. The Morgan fingerprint density at radius 3 is 2.65 bits per heavy atom. The molecule has 2 aromatic carbocycles. The molecule has 0 radical (unpaired) electrons. The summed E-state index contributed by atoms with van der Waals surface area (Å²) in [6.07, 6.45) is 5.93. The molecule has 1 atom stereocenters. The molecule has 0 unspecified atom stereocenters. The van der Waals surface area contributed by atoms with Crippen molar-refractivity contribution >= 4 is 17.5 Å². The Bertz CT molecular complexity index is 1170. The first-order valence-corrected chi connectivity index (χ1v) is 11.8. The van der Waals surface area contributed by atoms with Crippen LogP contribution in [0.4, 0.5) is 5.69 Å². The highest BCUT2D eigenvalue weighted by atomic mass is 16.5. The topological polar surface area (TPSA) is 97.6 Å². The van der Waals surface area contributed by atoms with Crippen LogP contribution < -0.4 is 10.1 Å². The summed E-state index contributed by atoms with van der Waals surface area (Å²) in [5.41, 5.74) is 2.15. The van der Waals surface area contributed by atoms with Crippen LogP contribution in [0, 0.1) is 5.92 Å². The van der Waals surface area contributed by atoms with Crippen molar-refractivity contribution in [3.63, 3.8) is 0 Å². The molecule has 2 fully saturated rings. The van der Waals surface area contributed by atoms with Gasteiger partial charge in [0.1, 0.15) is 5.75 Å². The molecule has 1 saturated carbocycles. The van der Waals surface area contributed by atoms with Gasteiger partial charge in [-0.25, -0.2) is 0 Å². The number of methoxy groups -OCH3 is 1. The summed E-state index contributed by atoms with van der Waals surface area (Å²) in [6, 6.07) is 15.0. The van der Waals surface area contributed by atoms with Crippen LogP contribution in [-0.2, 0) is 9.59 Å². The van der Waals surface area contributed by atoms with Gasteiger partial charge in [0.05, 0.1) is 13.0 Å². The van der Waals surface area contributed by atoms with Crippen molar-refractivity contribution < 1.29 is 18.8 Å². The number of amides is 2. The molecule has 8 heteroatoms. The molecule has 2 amide bonds. The first-order valence-electron chi connectivity index (χ1n) is 11.8. The number of carbonyl (C=O) groups excluding carboxylic acids is 2. The number of aromatic nitrogens is 2. The Morgan fingerprint density at radius 2 is 1.88 bits per heavy atom. The van der Waals surface area contributed by atoms with Crippen LogP contribution in [0.3, 0.4) is 0 Å². The van der Waals surface area contributed by atoms with Crippen molar-refractivity contribution in [1.82, 2.24) is 15.0 Å². The molecule has 0 bridgehead atoms. The Labute approximate surface area is 198 Å². The van der Waals surface area contributed by atoms with E-state index in [4.69, 9.17) is 9.26 Å². The van der Waals surface area contributed by atoms with Crippen LogP contribution in [-0.4, -0.2) is 46.6 Å². The summed E-state index contributed by atoms with van der Waals surface area (Å²) >= 11 is 0. The summed E-state index contributed by atoms with van der Waals surface area (Å²) in [6.45, 7) is 0.504. The molecular formula is C26H28N4O4. The second-order valence-corrected chi connectivity index (χ2v) is 8.96. The lowest BCUT2D eigenvalue weighted by Crippen LogP contribution is -2.38. The number of nitrogens with zero attached hydrogens (tertiary/aromatic N) is 3. The average molecular weight is 461 g/mol. The number of ether oxygens (including phenoxy) is 1. The van der Waals surface area contributed by atoms with E-state index in [9.17, 15) is 9.59 Å². The Kier molecular flexibility index (Phi) is 6.29. The fourth-order valence-corrected chi connectivity index (χ4v) is 4.83. The maximum atomic E-state index is 12.9. The third-order valence-corrected chi connectivity index (χ3v) is 6.70. The van der Waals surface area contributed by atoms with Crippen LogP contribution >= 0.6 is 0 Å². The SMILES string of the molecule is COc1ccc(-c2noc(-c3cccc(NC(=O)[C@H]4CC(=O)N(C5CCCCC5)C4)c3)n2)cc1. The molecule has 176 valence electrons. The van der Waals surface area contributed by atoms with Gasteiger partial charge in [-0.2, -0.15) is 4.98 Å². The molecule has 2 heterocycles. The largest absolute Gasteiger partial charge is 0.497 e. The van der Waals surface area contributed by atoms with Gasteiger partial charge in [-0.15, -0.1) is 0 Å². The lowest BCUT2D eigenvalue weighted by Gasteiger charge is -2.31. The van der Waals surface area contributed by atoms with E-state index in [1.54, 1.807) is 13.2 Å². The van der Waals surface area contributed by atoms with Gasteiger partial charge >= 0.3 is 0 Å². The zero-order valence-electron chi connectivity index (χ0n) is 19.2. The third-order valence-electron chi connectivity index (χ3n) is 6.70. The van der Waals surface area contributed by atoms with Gasteiger partial charge in [0.15, 0.2) is 0 Å². The molecule has 1 N–H and O–H groups in total. The van der Waals surface area contributed by atoms with Gasteiger partial charge in [0.25, 0.3) is 5.89 Å². The molecule has 1 saturated heterocycles. The second kappa shape index (κ2) is 9.67. The number of anilines is 1. The minimum Gasteiger partial charge on any atom is -0.497 e. The van der Waals surface area contributed by atoms with E-state index in [1.807, 2.05) is 47.4 Å². The molecule has 1 aromatic heterocycles. The fourth-order valence-electron chi connectivity index (χ4n) is 4.83. The highest BCUT2D eigenvalue weighted by molar-refractivity contribution is 5.97. The van der Waals surface area contributed by atoms with Crippen LogP contribution in [0.15, 0.2) is 53.1 Å². The molecule has 2 aliphatic rings. The number of rotatable bonds is 6. The van der Waals surface area contributed by atoms with Crippen LogP contribution in [0.25, 0.3) is 22.8 Å². The normalized spacial score (nSPS) is 18.8. The standard InChI is InChI=1S/C26H28N4O4/c1-33-22-12-10-17(11-13-22)24-28-26(34-29-24)18-6-5-7-20(14-18)27-25(32)19-15-23(31)30(16-19)21-8-3-2-4-9-21/h5-7,10-14,19,21H,2-4,8-9,15-16H2,1H3,(H,27,32)/t19-/m0/s1. The van der Waals surface area contributed by atoms with Crippen LogP contribution in [0.1, 0.15) is 38.5 Å². The Balaban J connectivity index is 1.25. The van der Waals surface area contributed by atoms with E-state index in [0.717, 1.165) is 37.0 Å². The van der Waals surface area contributed by atoms with Crippen LogP contribution in [0.5, 0.6) is 5.75 Å². The number of benzene rings is 2. The zero-order chi connectivity index (χ0) is 23.5. The van der Waals surface area contributed by atoms with Crippen molar-refractivity contribution in [2.45, 2.75) is 44.6 Å². The molecular weight excluding hydrogens is 432 g/mol. The fraction of sp³-hybridized carbons (Fsp3) is 0.385. The molecule has 5 rings (SSSR count). The smallest absolute Gasteiger partial charge is 0.258 e. The monoisotopic (exact) mass is 460 g/mol. The first kappa shape index (κ1) is 22.1. The van der Waals surface area contributed by atoms with Crippen molar-refractivity contribution in [1.29, 1.82) is 0 Å². The predicted molar refractivity (Wildman–Crippen MR) is 127 cm³/mol. The van der Waals surface area contributed by atoms with Crippen molar-refractivity contribution in [3.8, 4) is 28.6 Å².